The third kappa shape index (κ3) is 5.10. The molecule has 0 spiro atoms. The van der Waals surface area contributed by atoms with Crippen LogP contribution in [0.4, 0.5) is 34.6 Å². The van der Waals surface area contributed by atoms with Crippen LogP contribution < -0.4 is 25.6 Å². The molecule has 0 fully saturated rings. The molecule has 0 bridgehead atoms. The summed E-state index contributed by atoms with van der Waals surface area (Å²) in [6.45, 7) is 2.89. The van der Waals surface area contributed by atoms with E-state index in [9.17, 15) is 27.2 Å². The monoisotopic (exact) mass is 454 g/mol. The van der Waals surface area contributed by atoms with E-state index in [1.807, 2.05) is 0 Å². The number of fused-ring (bicyclic) bond motifs is 1. The molecule has 172 valence electrons. The topological polar surface area (TPSA) is 87.9 Å². The molecule has 32 heavy (non-hydrogen) atoms. The number of anilines is 3. The lowest BCUT2D eigenvalue weighted by atomic mass is 10.1. The molecule has 1 aliphatic rings. The zero-order valence-corrected chi connectivity index (χ0v) is 17.5. The molecule has 3 rings (SSSR count). The number of amides is 2. The van der Waals surface area contributed by atoms with E-state index >= 15 is 0 Å². The highest BCUT2D eigenvalue weighted by molar-refractivity contribution is 6.04. The van der Waals surface area contributed by atoms with Crippen LogP contribution in [0.15, 0.2) is 42.5 Å². The maximum Gasteiger partial charge on any atom is 0.573 e. The van der Waals surface area contributed by atoms with Crippen LogP contribution in [-0.2, 0) is 9.59 Å². The number of hydrogen-bond donors (Lipinski definition) is 2. The molecule has 0 unspecified atom stereocenters. The number of rotatable bonds is 4. The molecule has 2 aromatic carbocycles. The Kier molecular flexibility index (Phi) is 6.05. The number of carbonyl (C=O) groups excluding carboxylic acids is 2. The van der Waals surface area contributed by atoms with Gasteiger partial charge in [0.05, 0.1) is 23.5 Å². The quantitative estimate of drug-likeness (QED) is 0.694. The minimum absolute atomic E-state index is 0.0664. The Labute approximate surface area is 181 Å². The van der Waals surface area contributed by atoms with Gasteiger partial charge in [-0.2, -0.15) is 0 Å². The van der Waals surface area contributed by atoms with Crippen molar-refractivity contribution in [1.82, 2.24) is 5.32 Å². The lowest BCUT2D eigenvalue weighted by Crippen LogP contribution is -2.58. The molecule has 3 N–H and O–H groups in total. The molecule has 0 radical (unpaired) electrons. The Morgan fingerprint density at radius 1 is 1.12 bits per heavy atom. The van der Waals surface area contributed by atoms with E-state index in [-0.39, 0.29) is 12.2 Å². The van der Waals surface area contributed by atoms with Gasteiger partial charge in [-0.3, -0.25) is 9.59 Å². The Hall–Kier alpha value is -3.34. The van der Waals surface area contributed by atoms with Crippen molar-refractivity contribution in [3.8, 4) is 5.75 Å². The summed E-state index contributed by atoms with van der Waals surface area (Å²) >= 11 is 0. The van der Waals surface area contributed by atoms with Gasteiger partial charge in [0.2, 0.25) is 5.91 Å². The van der Waals surface area contributed by atoms with Crippen LogP contribution in [0.3, 0.4) is 0 Å². The van der Waals surface area contributed by atoms with Gasteiger partial charge in [-0.1, -0.05) is 0 Å². The number of nitrogens with zero attached hydrogens (tertiary/aromatic N) is 2. The van der Waals surface area contributed by atoms with Crippen molar-refractivity contribution in [2.75, 3.05) is 23.4 Å². The first-order valence-electron chi connectivity index (χ1n) is 9.56. The van der Waals surface area contributed by atoms with Crippen LogP contribution >= 0.6 is 0 Å². The second kappa shape index (κ2) is 8.30. The van der Waals surface area contributed by atoms with E-state index in [0.717, 1.165) is 12.1 Å². The van der Waals surface area contributed by atoms with Crippen LogP contribution in [0.1, 0.15) is 13.8 Å². The number of alkyl halides is 3. The number of carbonyl (C=O) groups is 2. The highest BCUT2D eigenvalue weighted by Crippen LogP contribution is 2.38. The Morgan fingerprint density at radius 3 is 2.31 bits per heavy atom. The SMILES string of the molecule is CN1C(=O)[C@H](NC(=O)C(C)(C)N)CN(c2ccc(OC(F)(F)F)cc2)c2ccc(F)cc21. The first kappa shape index (κ1) is 23.3. The predicted molar refractivity (Wildman–Crippen MR) is 110 cm³/mol. The molecule has 1 heterocycles. The van der Waals surface area contributed by atoms with E-state index in [1.165, 1.54) is 56.1 Å². The average Bonchev–Trinajstić information content (AvgIpc) is 2.77. The molecule has 11 heteroatoms. The fourth-order valence-electron chi connectivity index (χ4n) is 3.23. The van der Waals surface area contributed by atoms with E-state index in [1.54, 1.807) is 4.90 Å². The summed E-state index contributed by atoms with van der Waals surface area (Å²) in [7, 11) is 1.44. The van der Waals surface area contributed by atoms with Crippen LogP contribution in [-0.4, -0.2) is 43.3 Å². The molecule has 7 nitrogen and oxygen atoms in total. The maximum atomic E-state index is 14.0. The van der Waals surface area contributed by atoms with Gasteiger partial charge in [-0.25, -0.2) is 4.39 Å². The molecular formula is C21H22F4N4O3. The van der Waals surface area contributed by atoms with Gasteiger partial charge in [0.15, 0.2) is 0 Å². The van der Waals surface area contributed by atoms with Crippen molar-refractivity contribution < 1.29 is 31.9 Å². The molecule has 1 aliphatic heterocycles. The summed E-state index contributed by atoms with van der Waals surface area (Å²) < 4.78 is 55.3. The van der Waals surface area contributed by atoms with Gasteiger partial charge in [0, 0.05) is 12.7 Å². The summed E-state index contributed by atoms with van der Waals surface area (Å²) in [5.41, 5.74) is 5.63. The van der Waals surface area contributed by atoms with Gasteiger partial charge in [0.25, 0.3) is 5.91 Å². The number of nitrogens with one attached hydrogen (secondary N) is 1. The molecule has 2 aromatic rings. The molecule has 1 atom stereocenters. The van der Waals surface area contributed by atoms with Crippen molar-refractivity contribution in [3.05, 3.63) is 48.3 Å². The second-order valence-electron chi connectivity index (χ2n) is 7.93. The van der Waals surface area contributed by atoms with Gasteiger partial charge in [-0.15, -0.1) is 13.2 Å². The predicted octanol–water partition coefficient (Wildman–Crippen LogP) is 3.06. The molecule has 0 aromatic heterocycles. The highest BCUT2D eigenvalue weighted by Gasteiger charge is 2.36. The van der Waals surface area contributed by atoms with Crippen molar-refractivity contribution >= 4 is 28.9 Å². The molecule has 0 saturated carbocycles. The first-order valence-corrected chi connectivity index (χ1v) is 9.56. The van der Waals surface area contributed by atoms with Crippen molar-refractivity contribution in [1.29, 1.82) is 0 Å². The lowest BCUT2D eigenvalue weighted by Gasteiger charge is -2.28. The van der Waals surface area contributed by atoms with Crippen LogP contribution in [0.2, 0.25) is 0 Å². The van der Waals surface area contributed by atoms with E-state index in [2.05, 4.69) is 10.1 Å². The zero-order chi connectivity index (χ0) is 23.8. The Morgan fingerprint density at radius 2 is 1.75 bits per heavy atom. The Balaban J connectivity index is 2.03. The lowest BCUT2D eigenvalue weighted by molar-refractivity contribution is -0.274. The highest BCUT2D eigenvalue weighted by atomic mass is 19.4. The summed E-state index contributed by atoms with van der Waals surface area (Å²) in [6, 6.07) is 7.75. The second-order valence-corrected chi connectivity index (χ2v) is 7.93. The van der Waals surface area contributed by atoms with Gasteiger partial charge in [-0.05, 0) is 56.3 Å². The molecule has 0 saturated heterocycles. The van der Waals surface area contributed by atoms with Crippen molar-refractivity contribution in [3.63, 3.8) is 0 Å². The summed E-state index contributed by atoms with van der Waals surface area (Å²) in [6.07, 6.45) is -4.84. The average molecular weight is 454 g/mol. The standard InChI is InChI=1S/C21H22F4N4O3/c1-20(2,26)19(31)27-15-11-29(13-5-7-14(8-6-13)32-21(23,24)25)16-9-4-12(22)10-17(16)28(3)18(15)30/h4-10,15H,11,26H2,1-3H3,(H,27,31)/t15-/m1/s1. The van der Waals surface area contributed by atoms with Crippen molar-refractivity contribution in [2.24, 2.45) is 5.73 Å². The van der Waals surface area contributed by atoms with Gasteiger partial charge in [0.1, 0.15) is 17.6 Å². The normalized spacial score (nSPS) is 17.0. The fraction of sp³-hybridized carbons (Fsp3) is 0.333. The maximum absolute atomic E-state index is 14.0. The first-order chi connectivity index (χ1) is 14.8. The van der Waals surface area contributed by atoms with E-state index in [0.29, 0.717) is 11.4 Å². The third-order valence-corrected chi connectivity index (χ3v) is 4.86. The smallest absolute Gasteiger partial charge is 0.406 e. The van der Waals surface area contributed by atoms with E-state index < -0.39 is 41.3 Å². The van der Waals surface area contributed by atoms with Crippen LogP contribution in [0.25, 0.3) is 0 Å². The molecule has 2 amide bonds. The Bertz CT molecular complexity index is 1020. The number of likely N-dealkylation sites (N-methyl/N-ethyl adjacent to an activating group) is 1. The molecular weight excluding hydrogens is 432 g/mol. The number of nitrogens with two attached hydrogens (primary N) is 1. The number of ether oxygens (including phenoxy) is 1. The van der Waals surface area contributed by atoms with Gasteiger partial charge >= 0.3 is 6.36 Å². The summed E-state index contributed by atoms with van der Waals surface area (Å²) in [5.74, 6) is -2.08. The summed E-state index contributed by atoms with van der Waals surface area (Å²) in [4.78, 5) is 28.3. The number of halogens is 4. The fourth-order valence-corrected chi connectivity index (χ4v) is 3.23. The van der Waals surface area contributed by atoms with Crippen molar-refractivity contribution in [2.45, 2.75) is 31.8 Å². The largest absolute Gasteiger partial charge is 0.573 e. The van der Waals surface area contributed by atoms with Crippen LogP contribution in [0.5, 0.6) is 5.75 Å². The third-order valence-electron chi connectivity index (χ3n) is 4.86. The molecule has 0 aliphatic carbocycles. The summed E-state index contributed by atoms with van der Waals surface area (Å²) in [5, 5.41) is 2.61. The minimum Gasteiger partial charge on any atom is -0.406 e. The zero-order valence-electron chi connectivity index (χ0n) is 17.5. The van der Waals surface area contributed by atoms with Crippen LogP contribution in [0, 0.1) is 5.82 Å². The minimum atomic E-state index is -4.84. The van der Waals surface area contributed by atoms with E-state index in [4.69, 9.17) is 5.73 Å². The van der Waals surface area contributed by atoms with Gasteiger partial charge < -0.3 is 25.6 Å². The number of hydrogen-bond acceptors (Lipinski definition) is 5. The number of benzene rings is 2.